The van der Waals surface area contributed by atoms with E-state index in [2.05, 4.69) is 9.97 Å². The molecule has 1 aromatic heterocycles. The first-order valence-corrected chi connectivity index (χ1v) is 5.98. The highest BCUT2D eigenvalue weighted by Gasteiger charge is 2.28. The normalized spacial score (nSPS) is 19.6. The SMILES string of the molecule is Cc1ccnc(C2CCN(C(=O)CCN)C2)n1. The van der Waals surface area contributed by atoms with Gasteiger partial charge in [0, 0.05) is 43.9 Å². The van der Waals surface area contributed by atoms with Crippen LogP contribution in [0.2, 0.25) is 0 Å². The molecule has 1 fully saturated rings. The molecule has 92 valence electrons. The van der Waals surface area contributed by atoms with Crippen molar-refractivity contribution in [3.8, 4) is 0 Å². The van der Waals surface area contributed by atoms with Crippen LogP contribution in [0.4, 0.5) is 0 Å². The van der Waals surface area contributed by atoms with Gasteiger partial charge in [0.05, 0.1) is 0 Å². The fourth-order valence-corrected chi connectivity index (χ4v) is 2.14. The van der Waals surface area contributed by atoms with Crippen LogP contribution in [-0.2, 0) is 4.79 Å². The zero-order valence-corrected chi connectivity index (χ0v) is 10.1. The third kappa shape index (κ3) is 2.79. The standard InChI is InChI=1S/C12H18N4O/c1-9-3-6-14-12(15-9)10-4-7-16(8-10)11(17)2-5-13/h3,6,10H,2,4-5,7-8,13H2,1H3. The van der Waals surface area contributed by atoms with E-state index in [-0.39, 0.29) is 11.8 Å². The average Bonchev–Trinajstić information content (AvgIpc) is 2.78. The van der Waals surface area contributed by atoms with E-state index in [0.29, 0.717) is 13.0 Å². The van der Waals surface area contributed by atoms with E-state index in [4.69, 9.17) is 5.73 Å². The summed E-state index contributed by atoms with van der Waals surface area (Å²) in [5.41, 5.74) is 6.36. The number of aryl methyl sites for hydroxylation is 1. The van der Waals surface area contributed by atoms with Crippen molar-refractivity contribution < 1.29 is 4.79 Å². The second-order valence-corrected chi connectivity index (χ2v) is 4.42. The Morgan fingerprint density at radius 1 is 1.65 bits per heavy atom. The van der Waals surface area contributed by atoms with E-state index in [9.17, 15) is 4.79 Å². The average molecular weight is 234 g/mol. The molecule has 2 rings (SSSR count). The summed E-state index contributed by atoms with van der Waals surface area (Å²) in [6.07, 6.45) is 3.16. The minimum atomic E-state index is 0.141. The minimum absolute atomic E-state index is 0.141. The van der Waals surface area contributed by atoms with Gasteiger partial charge in [-0.3, -0.25) is 4.79 Å². The molecule has 2 N–H and O–H groups in total. The Labute approximate surface area is 101 Å². The topological polar surface area (TPSA) is 72.1 Å². The second-order valence-electron chi connectivity index (χ2n) is 4.42. The molecule has 1 saturated heterocycles. The molecule has 0 aliphatic carbocycles. The Morgan fingerprint density at radius 2 is 2.47 bits per heavy atom. The van der Waals surface area contributed by atoms with Gasteiger partial charge >= 0.3 is 0 Å². The van der Waals surface area contributed by atoms with Gasteiger partial charge in [-0.1, -0.05) is 0 Å². The molecule has 0 aromatic carbocycles. The predicted octanol–water partition coefficient (Wildman–Crippen LogP) is 0.450. The fraction of sp³-hybridized carbons (Fsp3) is 0.583. The highest BCUT2D eigenvalue weighted by Crippen LogP contribution is 2.24. The summed E-state index contributed by atoms with van der Waals surface area (Å²) >= 11 is 0. The molecule has 1 aliphatic heterocycles. The van der Waals surface area contributed by atoms with Crippen molar-refractivity contribution in [2.45, 2.75) is 25.7 Å². The Kier molecular flexibility index (Phi) is 3.68. The maximum atomic E-state index is 11.7. The van der Waals surface area contributed by atoms with Gasteiger partial charge in [-0.15, -0.1) is 0 Å². The molecular weight excluding hydrogens is 216 g/mol. The quantitative estimate of drug-likeness (QED) is 0.824. The summed E-state index contributed by atoms with van der Waals surface area (Å²) in [7, 11) is 0. The Balaban J connectivity index is 2.00. The van der Waals surface area contributed by atoms with E-state index in [0.717, 1.165) is 31.0 Å². The van der Waals surface area contributed by atoms with Crippen LogP contribution in [0.1, 0.15) is 30.3 Å². The van der Waals surface area contributed by atoms with Crippen LogP contribution in [0.5, 0.6) is 0 Å². The van der Waals surface area contributed by atoms with Crippen molar-refractivity contribution in [1.29, 1.82) is 0 Å². The van der Waals surface area contributed by atoms with Crippen LogP contribution in [0.25, 0.3) is 0 Å². The number of aromatic nitrogens is 2. The molecule has 0 bridgehead atoms. The van der Waals surface area contributed by atoms with Crippen LogP contribution in [0.3, 0.4) is 0 Å². The first kappa shape index (κ1) is 12.0. The lowest BCUT2D eigenvalue weighted by atomic mass is 10.1. The van der Waals surface area contributed by atoms with Crippen molar-refractivity contribution in [3.05, 3.63) is 23.8 Å². The number of carbonyl (C=O) groups excluding carboxylic acids is 1. The van der Waals surface area contributed by atoms with Crippen LogP contribution < -0.4 is 5.73 Å². The van der Waals surface area contributed by atoms with Crippen LogP contribution >= 0.6 is 0 Å². The number of carbonyl (C=O) groups is 1. The molecule has 17 heavy (non-hydrogen) atoms. The fourth-order valence-electron chi connectivity index (χ4n) is 2.14. The summed E-state index contributed by atoms with van der Waals surface area (Å²) in [6.45, 7) is 3.89. The maximum Gasteiger partial charge on any atom is 0.223 e. The molecule has 1 atom stereocenters. The van der Waals surface area contributed by atoms with E-state index < -0.39 is 0 Å². The van der Waals surface area contributed by atoms with Crippen molar-refractivity contribution >= 4 is 5.91 Å². The summed E-state index contributed by atoms with van der Waals surface area (Å²) in [5.74, 6) is 1.27. The van der Waals surface area contributed by atoms with E-state index in [1.807, 2.05) is 17.9 Å². The Hall–Kier alpha value is -1.49. The summed E-state index contributed by atoms with van der Waals surface area (Å²) in [4.78, 5) is 22.3. The molecule has 0 spiro atoms. The molecule has 2 heterocycles. The second kappa shape index (κ2) is 5.23. The molecular formula is C12H18N4O. The number of nitrogens with zero attached hydrogens (tertiary/aromatic N) is 3. The third-order valence-corrected chi connectivity index (χ3v) is 3.08. The summed E-state index contributed by atoms with van der Waals surface area (Å²) in [5, 5.41) is 0. The minimum Gasteiger partial charge on any atom is -0.342 e. The smallest absolute Gasteiger partial charge is 0.223 e. The highest BCUT2D eigenvalue weighted by molar-refractivity contribution is 5.76. The van der Waals surface area contributed by atoms with Gasteiger partial charge in [-0.2, -0.15) is 0 Å². The molecule has 1 aromatic rings. The molecule has 1 unspecified atom stereocenters. The Morgan fingerprint density at radius 3 is 3.18 bits per heavy atom. The maximum absolute atomic E-state index is 11.7. The number of rotatable bonds is 3. The summed E-state index contributed by atoms with van der Waals surface area (Å²) < 4.78 is 0. The molecule has 1 aliphatic rings. The van der Waals surface area contributed by atoms with Crippen LogP contribution in [0.15, 0.2) is 12.3 Å². The van der Waals surface area contributed by atoms with Crippen LogP contribution in [-0.4, -0.2) is 40.4 Å². The van der Waals surface area contributed by atoms with E-state index in [1.165, 1.54) is 0 Å². The van der Waals surface area contributed by atoms with E-state index in [1.54, 1.807) is 6.20 Å². The van der Waals surface area contributed by atoms with Crippen LogP contribution in [0, 0.1) is 6.92 Å². The van der Waals surface area contributed by atoms with Gasteiger partial charge in [0.2, 0.25) is 5.91 Å². The molecule has 0 radical (unpaired) electrons. The Bertz CT molecular complexity index is 407. The van der Waals surface area contributed by atoms with Gasteiger partial charge in [0.15, 0.2) is 0 Å². The number of hydrogen-bond donors (Lipinski definition) is 1. The predicted molar refractivity (Wildman–Crippen MR) is 64.4 cm³/mol. The highest BCUT2D eigenvalue weighted by atomic mass is 16.2. The number of likely N-dealkylation sites (tertiary alicyclic amines) is 1. The van der Waals surface area contributed by atoms with Crippen molar-refractivity contribution in [3.63, 3.8) is 0 Å². The number of nitrogens with two attached hydrogens (primary N) is 1. The van der Waals surface area contributed by atoms with Gasteiger partial charge in [-0.05, 0) is 19.4 Å². The number of hydrogen-bond acceptors (Lipinski definition) is 4. The van der Waals surface area contributed by atoms with E-state index >= 15 is 0 Å². The first-order chi connectivity index (χ1) is 8.20. The molecule has 1 amide bonds. The van der Waals surface area contributed by atoms with Gasteiger partial charge in [0.1, 0.15) is 5.82 Å². The zero-order chi connectivity index (χ0) is 12.3. The number of amides is 1. The molecule has 5 nitrogen and oxygen atoms in total. The monoisotopic (exact) mass is 234 g/mol. The van der Waals surface area contributed by atoms with Crippen molar-refractivity contribution in [2.24, 2.45) is 5.73 Å². The van der Waals surface area contributed by atoms with Gasteiger partial charge in [-0.25, -0.2) is 9.97 Å². The van der Waals surface area contributed by atoms with Gasteiger partial charge < -0.3 is 10.6 Å². The lowest BCUT2D eigenvalue weighted by molar-refractivity contribution is -0.129. The molecule has 0 saturated carbocycles. The lowest BCUT2D eigenvalue weighted by Crippen LogP contribution is -2.30. The van der Waals surface area contributed by atoms with Crippen molar-refractivity contribution in [2.75, 3.05) is 19.6 Å². The van der Waals surface area contributed by atoms with Crippen molar-refractivity contribution in [1.82, 2.24) is 14.9 Å². The first-order valence-electron chi connectivity index (χ1n) is 5.98. The zero-order valence-electron chi connectivity index (χ0n) is 10.1. The largest absolute Gasteiger partial charge is 0.342 e. The third-order valence-electron chi connectivity index (χ3n) is 3.08. The van der Waals surface area contributed by atoms with Gasteiger partial charge in [0.25, 0.3) is 0 Å². The summed E-state index contributed by atoms with van der Waals surface area (Å²) in [6, 6.07) is 1.88. The molecule has 5 heteroatoms. The lowest BCUT2D eigenvalue weighted by Gasteiger charge is -2.15.